The maximum absolute atomic E-state index is 12.1. The Hall–Kier alpha value is -1.07. The van der Waals surface area contributed by atoms with Crippen LogP contribution in [-0.2, 0) is 0 Å². The maximum atomic E-state index is 12.1. The first-order valence-electron chi connectivity index (χ1n) is 6.56. The van der Waals surface area contributed by atoms with Gasteiger partial charge < -0.3 is 15.3 Å². The summed E-state index contributed by atoms with van der Waals surface area (Å²) in [6.07, 6.45) is 1.45. The van der Waals surface area contributed by atoms with Crippen LogP contribution in [0.4, 0.5) is 10.5 Å². The van der Waals surface area contributed by atoms with E-state index in [4.69, 9.17) is 0 Å². The van der Waals surface area contributed by atoms with Gasteiger partial charge in [-0.1, -0.05) is 22.0 Å². The Balaban J connectivity index is 1.88. The van der Waals surface area contributed by atoms with E-state index < -0.39 is 0 Å². The molecule has 104 valence electrons. The van der Waals surface area contributed by atoms with E-state index in [9.17, 15) is 9.90 Å². The van der Waals surface area contributed by atoms with E-state index in [0.717, 1.165) is 23.0 Å². The Morgan fingerprint density at radius 1 is 1.47 bits per heavy atom. The number of rotatable bonds is 2. The molecule has 1 aromatic rings. The van der Waals surface area contributed by atoms with Crippen LogP contribution in [0.2, 0.25) is 0 Å². The molecule has 4 nitrogen and oxygen atoms in total. The fourth-order valence-electron chi connectivity index (χ4n) is 2.35. The van der Waals surface area contributed by atoms with Gasteiger partial charge >= 0.3 is 6.03 Å². The van der Waals surface area contributed by atoms with E-state index >= 15 is 0 Å². The maximum Gasteiger partial charge on any atom is 0.321 e. The zero-order chi connectivity index (χ0) is 13.8. The Kier molecular flexibility index (Phi) is 4.82. The first kappa shape index (κ1) is 14.3. The summed E-state index contributed by atoms with van der Waals surface area (Å²) >= 11 is 3.38. The predicted octanol–water partition coefficient (Wildman–Crippen LogP) is 3.07. The Bertz CT molecular complexity index is 443. The number of nitrogens with zero attached hydrogens (tertiary/aromatic N) is 1. The molecule has 1 heterocycles. The standard InChI is InChI=1S/C14H19BrN2O2/c1-10(18)11-5-7-17(8-6-11)14(19)16-13-4-2-3-12(15)9-13/h2-4,9-11,18H,5-8H2,1H3,(H,16,19). The summed E-state index contributed by atoms with van der Waals surface area (Å²) in [6, 6.07) is 7.48. The van der Waals surface area contributed by atoms with Crippen LogP contribution in [0.25, 0.3) is 0 Å². The largest absolute Gasteiger partial charge is 0.393 e. The van der Waals surface area contributed by atoms with Gasteiger partial charge in [0.2, 0.25) is 0 Å². The van der Waals surface area contributed by atoms with E-state index in [1.54, 1.807) is 4.90 Å². The minimum absolute atomic E-state index is 0.0675. The van der Waals surface area contributed by atoms with Gasteiger partial charge in [0, 0.05) is 23.2 Å². The molecule has 2 amide bonds. The van der Waals surface area contributed by atoms with E-state index in [-0.39, 0.29) is 12.1 Å². The van der Waals surface area contributed by atoms with Gasteiger partial charge in [-0.05, 0) is 43.9 Å². The first-order chi connectivity index (χ1) is 9.06. The number of urea groups is 1. The van der Waals surface area contributed by atoms with Crippen molar-refractivity contribution in [3.05, 3.63) is 28.7 Å². The zero-order valence-electron chi connectivity index (χ0n) is 11.0. The molecule has 5 heteroatoms. The average molecular weight is 327 g/mol. The minimum atomic E-state index is -0.282. The molecule has 0 radical (unpaired) electrons. The van der Waals surface area contributed by atoms with Gasteiger partial charge in [-0.3, -0.25) is 0 Å². The average Bonchev–Trinajstić information content (AvgIpc) is 2.39. The number of likely N-dealkylation sites (tertiary alicyclic amines) is 1. The van der Waals surface area contributed by atoms with E-state index in [1.165, 1.54) is 0 Å². The van der Waals surface area contributed by atoms with E-state index in [0.29, 0.717) is 19.0 Å². The Morgan fingerprint density at radius 3 is 2.74 bits per heavy atom. The molecule has 1 unspecified atom stereocenters. The van der Waals surface area contributed by atoms with E-state index in [1.807, 2.05) is 31.2 Å². The van der Waals surface area contributed by atoms with Crippen molar-refractivity contribution in [1.82, 2.24) is 4.90 Å². The monoisotopic (exact) mass is 326 g/mol. The van der Waals surface area contributed by atoms with Crippen molar-refractivity contribution < 1.29 is 9.90 Å². The van der Waals surface area contributed by atoms with Crippen molar-refractivity contribution in [2.75, 3.05) is 18.4 Å². The highest BCUT2D eigenvalue weighted by molar-refractivity contribution is 9.10. The number of halogens is 1. The second kappa shape index (κ2) is 6.39. The van der Waals surface area contributed by atoms with Crippen LogP contribution in [0.1, 0.15) is 19.8 Å². The number of aliphatic hydroxyl groups is 1. The number of nitrogens with one attached hydrogen (secondary N) is 1. The van der Waals surface area contributed by atoms with Crippen LogP contribution >= 0.6 is 15.9 Å². The molecule has 0 saturated carbocycles. The van der Waals surface area contributed by atoms with Crippen LogP contribution in [0.5, 0.6) is 0 Å². The van der Waals surface area contributed by atoms with Crippen LogP contribution in [0, 0.1) is 5.92 Å². The lowest BCUT2D eigenvalue weighted by molar-refractivity contribution is 0.0820. The summed E-state index contributed by atoms with van der Waals surface area (Å²) in [7, 11) is 0. The van der Waals surface area contributed by atoms with Crippen LogP contribution in [0.15, 0.2) is 28.7 Å². The van der Waals surface area contributed by atoms with Crippen molar-refractivity contribution >= 4 is 27.6 Å². The molecule has 2 rings (SSSR count). The van der Waals surface area contributed by atoms with Crippen molar-refractivity contribution in [3.8, 4) is 0 Å². The summed E-state index contributed by atoms with van der Waals surface area (Å²) in [5.41, 5.74) is 0.789. The second-order valence-electron chi connectivity index (χ2n) is 5.01. The normalized spacial score (nSPS) is 18.2. The number of carbonyl (C=O) groups excluding carboxylic acids is 1. The number of hydrogen-bond donors (Lipinski definition) is 2. The number of aliphatic hydroxyl groups excluding tert-OH is 1. The summed E-state index contributed by atoms with van der Waals surface area (Å²) in [4.78, 5) is 13.9. The molecule has 1 fully saturated rings. The summed E-state index contributed by atoms with van der Waals surface area (Å²) in [5.74, 6) is 0.315. The van der Waals surface area contributed by atoms with Gasteiger partial charge in [-0.25, -0.2) is 4.79 Å². The summed E-state index contributed by atoms with van der Waals surface area (Å²) in [5, 5.41) is 12.4. The third kappa shape index (κ3) is 3.94. The number of piperidine rings is 1. The van der Waals surface area contributed by atoms with Crippen molar-refractivity contribution in [3.63, 3.8) is 0 Å². The molecule has 1 aliphatic rings. The topological polar surface area (TPSA) is 52.6 Å². The molecule has 1 aromatic carbocycles. The number of carbonyl (C=O) groups is 1. The lowest BCUT2D eigenvalue weighted by Crippen LogP contribution is -2.42. The van der Waals surface area contributed by atoms with Gasteiger partial charge in [-0.2, -0.15) is 0 Å². The number of hydrogen-bond acceptors (Lipinski definition) is 2. The summed E-state index contributed by atoms with van der Waals surface area (Å²) < 4.78 is 0.943. The smallest absolute Gasteiger partial charge is 0.321 e. The molecule has 1 aliphatic heterocycles. The second-order valence-corrected chi connectivity index (χ2v) is 5.92. The van der Waals surface area contributed by atoms with Crippen molar-refractivity contribution in [2.45, 2.75) is 25.9 Å². The Morgan fingerprint density at radius 2 is 2.16 bits per heavy atom. The van der Waals surface area contributed by atoms with Crippen LogP contribution in [-0.4, -0.2) is 35.2 Å². The summed E-state index contributed by atoms with van der Waals surface area (Å²) in [6.45, 7) is 3.23. The molecule has 1 saturated heterocycles. The highest BCUT2D eigenvalue weighted by atomic mass is 79.9. The number of benzene rings is 1. The van der Waals surface area contributed by atoms with Gasteiger partial charge in [0.05, 0.1) is 6.10 Å². The lowest BCUT2D eigenvalue weighted by Gasteiger charge is -2.33. The lowest BCUT2D eigenvalue weighted by atomic mass is 9.92. The third-order valence-electron chi connectivity index (χ3n) is 3.58. The quantitative estimate of drug-likeness (QED) is 0.877. The highest BCUT2D eigenvalue weighted by Gasteiger charge is 2.25. The number of amides is 2. The Labute approximate surface area is 121 Å². The van der Waals surface area contributed by atoms with Crippen molar-refractivity contribution in [1.29, 1.82) is 0 Å². The molecule has 0 aliphatic carbocycles. The first-order valence-corrected chi connectivity index (χ1v) is 7.35. The molecular weight excluding hydrogens is 308 g/mol. The molecule has 1 atom stereocenters. The molecule has 19 heavy (non-hydrogen) atoms. The molecule has 0 spiro atoms. The van der Waals surface area contributed by atoms with Crippen LogP contribution in [0.3, 0.4) is 0 Å². The zero-order valence-corrected chi connectivity index (χ0v) is 12.6. The predicted molar refractivity (Wildman–Crippen MR) is 79.1 cm³/mol. The minimum Gasteiger partial charge on any atom is -0.393 e. The van der Waals surface area contributed by atoms with Gasteiger partial charge in [0.25, 0.3) is 0 Å². The molecular formula is C14H19BrN2O2. The SMILES string of the molecule is CC(O)C1CCN(C(=O)Nc2cccc(Br)c2)CC1. The van der Waals surface area contributed by atoms with Gasteiger partial charge in [-0.15, -0.1) is 0 Å². The molecule has 0 aromatic heterocycles. The fraction of sp³-hybridized carbons (Fsp3) is 0.500. The van der Waals surface area contributed by atoms with Crippen LogP contribution < -0.4 is 5.32 Å². The highest BCUT2D eigenvalue weighted by Crippen LogP contribution is 2.22. The number of anilines is 1. The van der Waals surface area contributed by atoms with Gasteiger partial charge in [0.15, 0.2) is 0 Å². The van der Waals surface area contributed by atoms with E-state index in [2.05, 4.69) is 21.2 Å². The van der Waals surface area contributed by atoms with Crippen molar-refractivity contribution in [2.24, 2.45) is 5.92 Å². The molecule has 2 N–H and O–H groups in total. The fourth-order valence-corrected chi connectivity index (χ4v) is 2.75. The molecule has 0 bridgehead atoms. The third-order valence-corrected chi connectivity index (χ3v) is 4.08. The van der Waals surface area contributed by atoms with Gasteiger partial charge in [0.1, 0.15) is 0 Å².